The maximum Gasteiger partial charge on any atom is 0.163 e. The van der Waals surface area contributed by atoms with Crippen LogP contribution in [-0.4, -0.2) is 27.7 Å². The highest BCUT2D eigenvalue weighted by atomic mass is 16.3. The fourth-order valence-electron chi connectivity index (χ4n) is 4.99. The van der Waals surface area contributed by atoms with Gasteiger partial charge in [-0.3, -0.25) is 4.79 Å². The molecular weight excluding hydrogens is 264 g/mol. The second kappa shape index (κ2) is 6.00. The third kappa shape index (κ3) is 3.34. The number of hydrogen-bond acceptors (Lipinski definition) is 3. The van der Waals surface area contributed by atoms with Gasteiger partial charge in [0.05, 0.1) is 6.10 Å². The van der Waals surface area contributed by atoms with Gasteiger partial charge in [0.25, 0.3) is 0 Å². The zero-order valence-corrected chi connectivity index (χ0v) is 14.1. The molecule has 21 heavy (non-hydrogen) atoms. The SMILES string of the molecule is C[C@H](CCC(=O)C(C)(C)O)[C@H]1CC[C@H]2[C@@H](O)CCC[C@]12C. The van der Waals surface area contributed by atoms with Crippen molar-refractivity contribution in [3.63, 3.8) is 0 Å². The Bertz CT molecular complexity index is 384. The predicted octanol–water partition coefficient (Wildman–Crippen LogP) is 3.32. The number of ketones is 1. The Morgan fingerprint density at radius 3 is 2.62 bits per heavy atom. The molecule has 0 heterocycles. The molecule has 0 bridgehead atoms. The fraction of sp³-hybridized carbons (Fsp3) is 0.944. The van der Waals surface area contributed by atoms with E-state index in [0.29, 0.717) is 24.2 Å². The lowest BCUT2D eigenvalue weighted by atomic mass is 9.61. The van der Waals surface area contributed by atoms with E-state index < -0.39 is 5.60 Å². The summed E-state index contributed by atoms with van der Waals surface area (Å²) in [5, 5.41) is 20.0. The Hall–Kier alpha value is -0.410. The number of Topliss-reactive ketones (excluding diaryl/α,β-unsaturated/α-hetero) is 1. The van der Waals surface area contributed by atoms with Crippen LogP contribution in [0.3, 0.4) is 0 Å². The van der Waals surface area contributed by atoms with Crippen LogP contribution in [0.1, 0.15) is 72.6 Å². The van der Waals surface area contributed by atoms with Gasteiger partial charge in [0.1, 0.15) is 5.60 Å². The van der Waals surface area contributed by atoms with Crippen molar-refractivity contribution in [3.8, 4) is 0 Å². The Kier molecular flexibility index (Phi) is 4.84. The predicted molar refractivity (Wildman–Crippen MR) is 83.9 cm³/mol. The van der Waals surface area contributed by atoms with Crippen molar-refractivity contribution in [3.05, 3.63) is 0 Å². The third-order valence-electron chi connectivity index (χ3n) is 6.36. The maximum atomic E-state index is 11.9. The smallest absolute Gasteiger partial charge is 0.163 e. The molecule has 3 heteroatoms. The summed E-state index contributed by atoms with van der Waals surface area (Å²) >= 11 is 0. The summed E-state index contributed by atoms with van der Waals surface area (Å²) in [5.74, 6) is 1.48. The van der Waals surface area contributed by atoms with Gasteiger partial charge in [0.2, 0.25) is 0 Å². The van der Waals surface area contributed by atoms with E-state index in [-0.39, 0.29) is 17.3 Å². The molecule has 5 atom stereocenters. The standard InChI is InChI=1S/C18H32O3/c1-12(7-10-16(20)17(2,3)21)13-8-9-14-15(19)6-5-11-18(13,14)4/h12-15,19,21H,5-11H2,1-4H3/t12-,13-,14+,15+,18-/m1/s1. The number of carbonyl (C=O) groups excluding carboxylic acids is 1. The highest BCUT2D eigenvalue weighted by molar-refractivity contribution is 5.86. The van der Waals surface area contributed by atoms with Crippen LogP contribution in [0.25, 0.3) is 0 Å². The largest absolute Gasteiger partial charge is 0.393 e. The summed E-state index contributed by atoms with van der Waals surface area (Å²) in [6, 6.07) is 0. The summed E-state index contributed by atoms with van der Waals surface area (Å²) in [6.07, 6.45) is 6.79. The van der Waals surface area contributed by atoms with Crippen LogP contribution in [0.15, 0.2) is 0 Å². The molecule has 0 aliphatic heterocycles. The van der Waals surface area contributed by atoms with Crippen molar-refractivity contribution in [2.24, 2.45) is 23.2 Å². The lowest BCUT2D eigenvalue weighted by Crippen LogP contribution is -2.41. The van der Waals surface area contributed by atoms with E-state index in [9.17, 15) is 15.0 Å². The lowest BCUT2D eigenvalue weighted by molar-refractivity contribution is -0.134. The van der Waals surface area contributed by atoms with E-state index in [2.05, 4.69) is 13.8 Å². The summed E-state index contributed by atoms with van der Waals surface area (Å²) in [6.45, 7) is 7.75. The van der Waals surface area contributed by atoms with Gasteiger partial charge in [-0.05, 0) is 69.1 Å². The van der Waals surface area contributed by atoms with E-state index in [1.165, 1.54) is 12.8 Å². The van der Waals surface area contributed by atoms with Crippen LogP contribution >= 0.6 is 0 Å². The zero-order chi connectivity index (χ0) is 15.8. The Morgan fingerprint density at radius 1 is 1.33 bits per heavy atom. The van der Waals surface area contributed by atoms with Crippen LogP contribution in [0.5, 0.6) is 0 Å². The second-order valence-electron chi connectivity index (χ2n) is 8.25. The van der Waals surface area contributed by atoms with Crippen molar-refractivity contribution < 1.29 is 15.0 Å². The minimum atomic E-state index is -1.21. The van der Waals surface area contributed by atoms with E-state index in [1.54, 1.807) is 13.8 Å². The summed E-state index contributed by atoms with van der Waals surface area (Å²) in [7, 11) is 0. The molecule has 0 aromatic carbocycles. The van der Waals surface area contributed by atoms with Crippen LogP contribution < -0.4 is 0 Å². The minimum absolute atomic E-state index is 0.0577. The van der Waals surface area contributed by atoms with E-state index in [4.69, 9.17) is 0 Å². The Morgan fingerprint density at radius 2 is 2.00 bits per heavy atom. The van der Waals surface area contributed by atoms with Gasteiger partial charge in [0.15, 0.2) is 5.78 Å². The number of hydrogen-bond donors (Lipinski definition) is 2. The van der Waals surface area contributed by atoms with E-state index in [1.807, 2.05) is 0 Å². The monoisotopic (exact) mass is 296 g/mol. The average Bonchev–Trinajstić information content (AvgIpc) is 2.73. The van der Waals surface area contributed by atoms with Crippen molar-refractivity contribution in [1.82, 2.24) is 0 Å². The summed E-state index contributed by atoms with van der Waals surface area (Å²) < 4.78 is 0. The first-order chi connectivity index (χ1) is 9.66. The lowest BCUT2D eigenvalue weighted by Gasteiger charge is -2.45. The first-order valence-electron chi connectivity index (χ1n) is 8.60. The van der Waals surface area contributed by atoms with Gasteiger partial charge < -0.3 is 10.2 Å². The molecule has 0 amide bonds. The topological polar surface area (TPSA) is 57.5 Å². The van der Waals surface area contributed by atoms with Crippen LogP contribution in [0.4, 0.5) is 0 Å². The molecule has 0 aromatic heterocycles. The molecule has 0 aromatic rings. The van der Waals surface area contributed by atoms with Gasteiger partial charge in [0, 0.05) is 6.42 Å². The highest BCUT2D eigenvalue weighted by Gasteiger charge is 2.52. The van der Waals surface area contributed by atoms with Crippen LogP contribution in [0, 0.1) is 23.2 Å². The second-order valence-corrected chi connectivity index (χ2v) is 8.25. The van der Waals surface area contributed by atoms with Crippen LogP contribution in [-0.2, 0) is 4.79 Å². The number of aliphatic hydroxyl groups is 2. The van der Waals surface area contributed by atoms with Crippen LogP contribution in [0.2, 0.25) is 0 Å². The average molecular weight is 296 g/mol. The van der Waals surface area contributed by atoms with Crippen molar-refractivity contribution in [2.45, 2.75) is 84.3 Å². The van der Waals surface area contributed by atoms with Gasteiger partial charge >= 0.3 is 0 Å². The van der Waals surface area contributed by atoms with Crippen molar-refractivity contribution in [2.75, 3.05) is 0 Å². The molecule has 2 aliphatic carbocycles. The quantitative estimate of drug-likeness (QED) is 0.818. The van der Waals surface area contributed by atoms with Gasteiger partial charge in [-0.15, -0.1) is 0 Å². The normalized spacial score (nSPS) is 38.1. The van der Waals surface area contributed by atoms with Gasteiger partial charge in [-0.25, -0.2) is 0 Å². The Labute approximate surface area is 129 Å². The molecule has 0 saturated heterocycles. The molecule has 0 unspecified atom stereocenters. The molecule has 0 radical (unpaired) electrons. The molecule has 2 saturated carbocycles. The number of rotatable bonds is 5. The minimum Gasteiger partial charge on any atom is -0.393 e. The molecule has 2 fully saturated rings. The first-order valence-corrected chi connectivity index (χ1v) is 8.60. The van der Waals surface area contributed by atoms with Gasteiger partial charge in [-0.2, -0.15) is 0 Å². The molecule has 2 N–H and O–H groups in total. The maximum absolute atomic E-state index is 11.9. The summed E-state index contributed by atoms with van der Waals surface area (Å²) in [4.78, 5) is 11.9. The van der Waals surface area contributed by atoms with E-state index in [0.717, 1.165) is 25.7 Å². The molecule has 2 aliphatic rings. The van der Waals surface area contributed by atoms with E-state index >= 15 is 0 Å². The molecule has 3 nitrogen and oxygen atoms in total. The van der Waals surface area contributed by atoms with Crippen molar-refractivity contribution >= 4 is 5.78 Å². The molecule has 122 valence electrons. The number of aliphatic hydroxyl groups excluding tert-OH is 1. The first kappa shape index (κ1) is 17.0. The molecular formula is C18H32O3. The highest BCUT2D eigenvalue weighted by Crippen LogP contribution is 2.58. The van der Waals surface area contributed by atoms with Gasteiger partial charge in [-0.1, -0.05) is 20.3 Å². The zero-order valence-electron chi connectivity index (χ0n) is 14.1. The molecule has 0 spiro atoms. The number of fused-ring (bicyclic) bond motifs is 1. The Balaban J connectivity index is 1.97. The molecule has 2 rings (SSSR count). The fourth-order valence-corrected chi connectivity index (χ4v) is 4.99. The number of carbonyl (C=O) groups is 1. The summed E-state index contributed by atoms with van der Waals surface area (Å²) in [5.41, 5.74) is -0.961. The van der Waals surface area contributed by atoms with Crippen molar-refractivity contribution in [1.29, 1.82) is 0 Å². The third-order valence-corrected chi connectivity index (χ3v) is 6.36.